The maximum Gasteiger partial charge on any atom is 0.255 e. The summed E-state index contributed by atoms with van der Waals surface area (Å²) in [6, 6.07) is 5.80. The highest BCUT2D eigenvalue weighted by Gasteiger charge is 2.40. The molecule has 0 bridgehead atoms. The molecule has 7 heteroatoms. The molecule has 2 atom stereocenters. The van der Waals surface area contributed by atoms with Crippen LogP contribution in [-0.4, -0.2) is 52.7 Å². The molecule has 3 aliphatic rings. The van der Waals surface area contributed by atoms with E-state index in [9.17, 15) is 14.4 Å². The molecule has 2 saturated heterocycles. The molecule has 0 aromatic heterocycles. The van der Waals surface area contributed by atoms with Crippen LogP contribution < -0.4 is 11.1 Å². The van der Waals surface area contributed by atoms with Crippen molar-refractivity contribution in [1.29, 1.82) is 0 Å². The summed E-state index contributed by atoms with van der Waals surface area (Å²) in [6.07, 6.45) is 2.98. The number of hydrogen-bond acceptors (Lipinski definition) is 5. The average Bonchev–Trinajstić information content (AvgIpc) is 2.97. The summed E-state index contributed by atoms with van der Waals surface area (Å²) in [7, 11) is 0. The number of amides is 3. The molecule has 2 fully saturated rings. The van der Waals surface area contributed by atoms with Gasteiger partial charge in [0.05, 0.1) is 0 Å². The number of fused-ring (bicyclic) bond motifs is 1. The largest absolute Gasteiger partial charge is 0.329 e. The van der Waals surface area contributed by atoms with Gasteiger partial charge < -0.3 is 10.6 Å². The lowest BCUT2D eigenvalue weighted by molar-refractivity contribution is -0.136. The summed E-state index contributed by atoms with van der Waals surface area (Å²) in [6.45, 7) is 7.38. The quantitative estimate of drug-likeness (QED) is 0.748. The van der Waals surface area contributed by atoms with Crippen LogP contribution in [0, 0.1) is 5.41 Å². The minimum absolute atomic E-state index is 0.120. The van der Waals surface area contributed by atoms with Gasteiger partial charge in [-0.05, 0) is 48.4 Å². The summed E-state index contributed by atoms with van der Waals surface area (Å²) in [5.41, 5.74) is 8.99. The Balaban J connectivity index is 1.51. The summed E-state index contributed by atoms with van der Waals surface area (Å²) < 4.78 is 0. The van der Waals surface area contributed by atoms with Gasteiger partial charge in [-0.3, -0.25) is 24.6 Å². The first kappa shape index (κ1) is 20.0. The normalized spacial score (nSPS) is 27.1. The maximum atomic E-state index is 13.0. The molecule has 0 aliphatic carbocycles. The zero-order valence-corrected chi connectivity index (χ0v) is 17.2. The lowest BCUT2D eigenvalue weighted by Crippen LogP contribution is -2.53. The molecule has 3 heterocycles. The molecule has 2 unspecified atom stereocenters. The minimum atomic E-state index is -0.569. The second-order valence-corrected chi connectivity index (χ2v) is 9.21. The average molecular weight is 399 g/mol. The highest BCUT2D eigenvalue weighted by atomic mass is 16.2. The van der Waals surface area contributed by atoms with E-state index in [-0.39, 0.29) is 29.6 Å². The molecule has 1 aromatic carbocycles. The van der Waals surface area contributed by atoms with E-state index in [1.807, 2.05) is 12.1 Å². The Kier molecular flexibility index (Phi) is 5.21. The van der Waals surface area contributed by atoms with Gasteiger partial charge in [-0.2, -0.15) is 0 Å². The second-order valence-electron chi connectivity index (χ2n) is 9.21. The van der Waals surface area contributed by atoms with E-state index in [0.717, 1.165) is 30.6 Å². The van der Waals surface area contributed by atoms with Crippen molar-refractivity contribution in [3.05, 3.63) is 34.9 Å². The third kappa shape index (κ3) is 3.69. The molecule has 156 valence electrons. The monoisotopic (exact) mass is 398 g/mol. The van der Waals surface area contributed by atoms with E-state index in [2.05, 4.69) is 30.1 Å². The minimum Gasteiger partial charge on any atom is -0.329 e. The molecule has 0 saturated carbocycles. The van der Waals surface area contributed by atoms with Crippen LogP contribution in [0.5, 0.6) is 0 Å². The smallest absolute Gasteiger partial charge is 0.255 e. The summed E-state index contributed by atoms with van der Waals surface area (Å²) in [5, 5.41) is 2.35. The summed E-state index contributed by atoms with van der Waals surface area (Å²) in [5.74, 6) is -0.758. The van der Waals surface area contributed by atoms with Gasteiger partial charge in [0.15, 0.2) is 0 Å². The Morgan fingerprint density at radius 1 is 1.24 bits per heavy atom. The van der Waals surface area contributed by atoms with Crippen LogP contribution in [-0.2, 0) is 22.7 Å². The van der Waals surface area contributed by atoms with Crippen molar-refractivity contribution >= 4 is 17.7 Å². The van der Waals surface area contributed by atoms with E-state index in [0.29, 0.717) is 31.1 Å². The van der Waals surface area contributed by atoms with Crippen molar-refractivity contribution in [3.63, 3.8) is 0 Å². The maximum absolute atomic E-state index is 13.0. The fourth-order valence-corrected chi connectivity index (χ4v) is 5.15. The topological polar surface area (TPSA) is 95.7 Å². The number of imide groups is 1. The number of piperidine rings is 2. The zero-order valence-electron chi connectivity index (χ0n) is 17.2. The highest BCUT2D eigenvalue weighted by molar-refractivity contribution is 6.05. The predicted molar refractivity (Wildman–Crippen MR) is 109 cm³/mol. The van der Waals surface area contributed by atoms with Gasteiger partial charge in [-0.25, -0.2) is 0 Å². The van der Waals surface area contributed by atoms with Crippen LogP contribution in [0.2, 0.25) is 0 Å². The van der Waals surface area contributed by atoms with E-state index in [1.54, 1.807) is 4.90 Å². The van der Waals surface area contributed by atoms with Crippen LogP contribution in [0.4, 0.5) is 0 Å². The number of nitrogens with one attached hydrogen (secondary N) is 1. The van der Waals surface area contributed by atoms with Crippen molar-refractivity contribution in [2.24, 2.45) is 11.1 Å². The second kappa shape index (κ2) is 7.54. The molecular weight excluding hydrogens is 368 g/mol. The SMILES string of the molecule is CC1(C)CCCN(Cc2ccc3c(c2)C(=O)N(C2CCC(=O)NC2=O)C3)C1CN. The van der Waals surface area contributed by atoms with Crippen LogP contribution >= 0.6 is 0 Å². The van der Waals surface area contributed by atoms with E-state index < -0.39 is 6.04 Å². The molecule has 3 amide bonds. The summed E-state index contributed by atoms with van der Waals surface area (Å²) in [4.78, 5) is 40.7. The van der Waals surface area contributed by atoms with Crippen LogP contribution in [0.1, 0.15) is 61.0 Å². The third-order valence-electron chi connectivity index (χ3n) is 6.81. The van der Waals surface area contributed by atoms with Crippen molar-refractivity contribution in [1.82, 2.24) is 15.1 Å². The highest BCUT2D eigenvalue weighted by Crippen LogP contribution is 2.36. The third-order valence-corrected chi connectivity index (χ3v) is 6.81. The van der Waals surface area contributed by atoms with Gasteiger partial charge in [0, 0.05) is 37.7 Å². The Bertz CT molecular complexity index is 850. The number of carbonyl (C=O) groups excluding carboxylic acids is 3. The molecule has 3 N–H and O–H groups in total. The van der Waals surface area contributed by atoms with Crippen molar-refractivity contribution in [2.75, 3.05) is 13.1 Å². The van der Waals surface area contributed by atoms with Crippen molar-refractivity contribution in [3.8, 4) is 0 Å². The van der Waals surface area contributed by atoms with Gasteiger partial charge in [0.2, 0.25) is 11.8 Å². The van der Waals surface area contributed by atoms with Crippen molar-refractivity contribution < 1.29 is 14.4 Å². The molecule has 0 radical (unpaired) electrons. The van der Waals surface area contributed by atoms with E-state index >= 15 is 0 Å². The number of carbonyl (C=O) groups is 3. The molecule has 0 spiro atoms. The predicted octanol–water partition coefficient (Wildman–Crippen LogP) is 1.40. The van der Waals surface area contributed by atoms with Gasteiger partial charge in [0.1, 0.15) is 6.04 Å². The van der Waals surface area contributed by atoms with Gasteiger partial charge in [-0.15, -0.1) is 0 Å². The fourth-order valence-electron chi connectivity index (χ4n) is 5.15. The molecule has 1 aromatic rings. The fraction of sp³-hybridized carbons (Fsp3) is 0.591. The molecule has 7 nitrogen and oxygen atoms in total. The van der Waals surface area contributed by atoms with Gasteiger partial charge in [-0.1, -0.05) is 26.0 Å². The lowest BCUT2D eigenvalue weighted by Gasteiger charge is -2.46. The first-order valence-corrected chi connectivity index (χ1v) is 10.5. The molecule has 4 rings (SSSR count). The number of nitrogens with zero attached hydrogens (tertiary/aromatic N) is 2. The first-order valence-electron chi connectivity index (χ1n) is 10.5. The van der Waals surface area contributed by atoms with E-state index in [1.165, 1.54) is 6.42 Å². The van der Waals surface area contributed by atoms with E-state index in [4.69, 9.17) is 5.73 Å². The van der Waals surface area contributed by atoms with Gasteiger partial charge >= 0.3 is 0 Å². The Morgan fingerprint density at radius 3 is 2.76 bits per heavy atom. The number of hydrogen-bond donors (Lipinski definition) is 2. The Hall–Kier alpha value is -2.25. The Morgan fingerprint density at radius 2 is 2.03 bits per heavy atom. The number of rotatable bonds is 4. The number of likely N-dealkylation sites (tertiary alicyclic amines) is 1. The van der Waals surface area contributed by atoms with Crippen LogP contribution in [0.3, 0.4) is 0 Å². The Labute approximate surface area is 171 Å². The zero-order chi connectivity index (χ0) is 20.8. The van der Waals surface area contributed by atoms with Crippen molar-refractivity contribution in [2.45, 2.75) is 64.7 Å². The standard InChI is InChI=1S/C22H30N4O3/c1-22(2)8-3-9-25(18(22)11-23)12-14-4-5-15-13-26(21(29)16(15)10-14)17-6-7-19(27)24-20(17)28/h4-5,10,17-18H,3,6-9,11-13,23H2,1-2H3,(H,24,27,28). The van der Waals surface area contributed by atoms with Crippen LogP contribution in [0.15, 0.2) is 18.2 Å². The molecule has 29 heavy (non-hydrogen) atoms. The number of nitrogens with two attached hydrogens (primary N) is 1. The first-order chi connectivity index (χ1) is 13.8. The summed E-state index contributed by atoms with van der Waals surface area (Å²) >= 11 is 0. The van der Waals surface area contributed by atoms with Crippen LogP contribution in [0.25, 0.3) is 0 Å². The lowest BCUT2D eigenvalue weighted by atomic mass is 9.76. The number of benzene rings is 1. The molecule has 3 aliphatic heterocycles. The van der Waals surface area contributed by atoms with Gasteiger partial charge in [0.25, 0.3) is 5.91 Å². The molecular formula is C22H30N4O3.